The van der Waals surface area contributed by atoms with Crippen molar-refractivity contribution in [1.82, 2.24) is 9.62 Å². The van der Waals surface area contributed by atoms with E-state index in [9.17, 15) is 8.42 Å². The number of nitrogen functional groups attached to an aromatic ring is 1. The van der Waals surface area contributed by atoms with Gasteiger partial charge in [-0.25, -0.2) is 13.1 Å². The van der Waals surface area contributed by atoms with Gasteiger partial charge in [0.2, 0.25) is 10.0 Å². The summed E-state index contributed by atoms with van der Waals surface area (Å²) in [5.41, 5.74) is 7.07. The van der Waals surface area contributed by atoms with Crippen LogP contribution in [0.15, 0.2) is 23.1 Å². The highest BCUT2D eigenvalue weighted by Gasteiger charge is 2.21. The van der Waals surface area contributed by atoms with Crippen LogP contribution in [-0.2, 0) is 10.0 Å². The van der Waals surface area contributed by atoms with Gasteiger partial charge in [-0.15, -0.1) is 0 Å². The average molecular weight is 297 g/mol. The Kier molecular flexibility index (Phi) is 4.67. The summed E-state index contributed by atoms with van der Waals surface area (Å²) < 4.78 is 27.2. The molecule has 0 radical (unpaired) electrons. The normalized spacial score (nSPS) is 18.3. The summed E-state index contributed by atoms with van der Waals surface area (Å²) in [5, 5.41) is 0. The van der Waals surface area contributed by atoms with Gasteiger partial charge in [-0.05, 0) is 63.5 Å². The number of hydrogen-bond acceptors (Lipinski definition) is 4. The fourth-order valence-corrected chi connectivity index (χ4v) is 3.71. The fraction of sp³-hybridized carbons (Fsp3) is 0.571. The minimum atomic E-state index is -3.51. The topological polar surface area (TPSA) is 75.4 Å². The molecule has 0 amide bonds. The molecule has 1 aliphatic rings. The van der Waals surface area contributed by atoms with Gasteiger partial charge in [-0.1, -0.05) is 6.07 Å². The first kappa shape index (κ1) is 15.3. The number of likely N-dealkylation sites (tertiary alicyclic amines) is 1. The van der Waals surface area contributed by atoms with Crippen LogP contribution in [0.1, 0.15) is 18.4 Å². The van der Waals surface area contributed by atoms with Gasteiger partial charge in [0.15, 0.2) is 0 Å². The van der Waals surface area contributed by atoms with Crippen LogP contribution in [0.3, 0.4) is 0 Å². The minimum Gasteiger partial charge on any atom is -0.398 e. The molecule has 1 fully saturated rings. The van der Waals surface area contributed by atoms with Crippen molar-refractivity contribution >= 4 is 15.7 Å². The Hall–Kier alpha value is -1.11. The number of piperidine rings is 1. The molecule has 0 aliphatic carbocycles. The molecule has 1 heterocycles. The first-order valence-electron chi connectivity index (χ1n) is 6.93. The molecule has 3 N–H and O–H groups in total. The van der Waals surface area contributed by atoms with E-state index in [2.05, 4.69) is 16.7 Å². The number of anilines is 1. The summed E-state index contributed by atoms with van der Waals surface area (Å²) in [6.07, 6.45) is 2.06. The molecule has 0 unspecified atom stereocenters. The number of nitrogens with one attached hydrogen (secondary N) is 1. The highest BCUT2D eigenvalue weighted by Crippen LogP contribution is 2.20. The first-order chi connectivity index (χ1) is 9.38. The molecule has 5 nitrogen and oxygen atoms in total. The Morgan fingerprint density at radius 2 is 2.00 bits per heavy atom. The van der Waals surface area contributed by atoms with Crippen molar-refractivity contribution in [2.24, 2.45) is 5.92 Å². The second kappa shape index (κ2) is 6.11. The van der Waals surface area contributed by atoms with E-state index < -0.39 is 10.0 Å². The van der Waals surface area contributed by atoms with Crippen molar-refractivity contribution in [2.75, 3.05) is 32.4 Å². The van der Waals surface area contributed by atoms with Crippen LogP contribution in [0, 0.1) is 12.8 Å². The monoisotopic (exact) mass is 297 g/mol. The van der Waals surface area contributed by atoms with Crippen LogP contribution < -0.4 is 10.5 Å². The van der Waals surface area contributed by atoms with Crippen LogP contribution in [0.25, 0.3) is 0 Å². The van der Waals surface area contributed by atoms with Gasteiger partial charge in [-0.3, -0.25) is 0 Å². The van der Waals surface area contributed by atoms with Crippen molar-refractivity contribution in [1.29, 1.82) is 0 Å². The molecule has 6 heteroatoms. The smallest absolute Gasteiger partial charge is 0.242 e. The van der Waals surface area contributed by atoms with E-state index in [0.29, 0.717) is 18.2 Å². The zero-order chi connectivity index (χ0) is 14.8. The van der Waals surface area contributed by atoms with Gasteiger partial charge in [0.1, 0.15) is 4.90 Å². The second-order valence-corrected chi connectivity index (χ2v) is 7.38. The summed E-state index contributed by atoms with van der Waals surface area (Å²) in [4.78, 5) is 2.44. The van der Waals surface area contributed by atoms with Crippen molar-refractivity contribution < 1.29 is 8.42 Å². The Bertz CT molecular complexity index is 564. The van der Waals surface area contributed by atoms with E-state index >= 15 is 0 Å². The maximum absolute atomic E-state index is 12.3. The van der Waals surface area contributed by atoms with Gasteiger partial charge in [-0.2, -0.15) is 0 Å². The molecular formula is C14H23N3O2S. The van der Waals surface area contributed by atoms with Gasteiger partial charge in [0.25, 0.3) is 0 Å². The lowest BCUT2D eigenvalue weighted by molar-refractivity contribution is 0.220. The van der Waals surface area contributed by atoms with Gasteiger partial charge in [0, 0.05) is 6.54 Å². The predicted octanol–water partition coefficient (Wildman–Crippen LogP) is 1.20. The number of aryl methyl sites for hydroxylation is 1. The Morgan fingerprint density at radius 3 is 2.60 bits per heavy atom. The molecule has 1 aromatic carbocycles. The minimum absolute atomic E-state index is 0.177. The number of hydrogen-bond donors (Lipinski definition) is 2. The Balaban J connectivity index is 2.00. The maximum Gasteiger partial charge on any atom is 0.242 e. The maximum atomic E-state index is 12.3. The zero-order valence-corrected chi connectivity index (χ0v) is 12.9. The third-order valence-corrected chi connectivity index (χ3v) is 5.35. The van der Waals surface area contributed by atoms with Gasteiger partial charge >= 0.3 is 0 Å². The molecule has 0 saturated carbocycles. The lowest BCUT2D eigenvalue weighted by Gasteiger charge is -2.28. The van der Waals surface area contributed by atoms with Crippen molar-refractivity contribution in [3.05, 3.63) is 23.8 Å². The van der Waals surface area contributed by atoms with Crippen LogP contribution in [0.4, 0.5) is 5.69 Å². The SMILES string of the molecule is Cc1ccc(S(=O)(=O)NCC2CCN(C)CC2)c(N)c1. The summed E-state index contributed by atoms with van der Waals surface area (Å²) in [6.45, 7) is 4.43. The lowest BCUT2D eigenvalue weighted by atomic mass is 9.98. The van der Waals surface area contributed by atoms with E-state index in [-0.39, 0.29) is 4.90 Å². The third-order valence-electron chi connectivity index (χ3n) is 3.85. The van der Waals surface area contributed by atoms with Crippen LogP contribution >= 0.6 is 0 Å². The van der Waals surface area contributed by atoms with Crippen molar-refractivity contribution in [2.45, 2.75) is 24.7 Å². The summed E-state index contributed by atoms with van der Waals surface area (Å²) in [6, 6.07) is 5.02. The molecular weight excluding hydrogens is 274 g/mol. The van der Waals surface area contributed by atoms with Crippen LogP contribution in [-0.4, -0.2) is 40.0 Å². The molecule has 1 aromatic rings. The number of benzene rings is 1. The fourth-order valence-electron chi connectivity index (χ4n) is 2.48. The standard InChI is InChI=1S/C14H23N3O2S/c1-11-3-4-14(13(15)9-11)20(18,19)16-10-12-5-7-17(2)8-6-12/h3-4,9,12,16H,5-8,10,15H2,1-2H3. The van der Waals surface area contributed by atoms with Crippen molar-refractivity contribution in [3.8, 4) is 0 Å². The molecule has 1 aliphatic heterocycles. The van der Waals surface area contributed by atoms with E-state index in [1.807, 2.05) is 6.92 Å². The highest BCUT2D eigenvalue weighted by atomic mass is 32.2. The third kappa shape index (κ3) is 3.71. The molecule has 20 heavy (non-hydrogen) atoms. The van der Waals surface area contributed by atoms with Gasteiger partial charge < -0.3 is 10.6 Å². The van der Waals surface area contributed by atoms with Crippen molar-refractivity contribution in [3.63, 3.8) is 0 Å². The highest BCUT2D eigenvalue weighted by molar-refractivity contribution is 7.89. The predicted molar refractivity (Wildman–Crippen MR) is 81.0 cm³/mol. The molecule has 0 aromatic heterocycles. The lowest BCUT2D eigenvalue weighted by Crippen LogP contribution is -2.37. The molecule has 0 spiro atoms. The number of nitrogens with two attached hydrogens (primary N) is 1. The van der Waals surface area contributed by atoms with Crippen LogP contribution in [0.2, 0.25) is 0 Å². The average Bonchev–Trinajstić information content (AvgIpc) is 2.37. The van der Waals surface area contributed by atoms with Gasteiger partial charge in [0.05, 0.1) is 5.69 Å². The largest absolute Gasteiger partial charge is 0.398 e. The molecule has 1 saturated heterocycles. The quantitative estimate of drug-likeness (QED) is 0.819. The number of rotatable bonds is 4. The molecule has 0 atom stereocenters. The Labute approximate surface area is 121 Å². The van der Waals surface area contributed by atoms with E-state index in [1.165, 1.54) is 0 Å². The van der Waals surface area contributed by atoms with Crippen LogP contribution in [0.5, 0.6) is 0 Å². The summed E-state index contributed by atoms with van der Waals surface area (Å²) in [5.74, 6) is 0.410. The Morgan fingerprint density at radius 1 is 1.35 bits per heavy atom. The molecule has 0 bridgehead atoms. The van der Waals surface area contributed by atoms with E-state index in [4.69, 9.17) is 5.73 Å². The molecule has 2 rings (SSSR count). The zero-order valence-electron chi connectivity index (χ0n) is 12.1. The van der Waals surface area contributed by atoms with E-state index in [0.717, 1.165) is 31.5 Å². The summed E-state index contributed by atoms with van der Waals surface area (Å²) in [7, 11) is -1.42. The summed E-state index contributed by atoms with van der Waals surface area (Å²) >= 11 is 0. The second-order valence-electron chi connectivity index (χ2n) is 5.64. The first-order valence-corrected chi connectivity index (χ1v) is 8.41. The number of nitrogens with zero attached hydrogens (tertiary/aromatic N) is 1. The number of sulfonamides is 1. The van der Waals surface area contributed by atoms with E-state index in [1.54, 1.807) is 18.2 Å². The molecule has 112 valence electrons.